The average molecular weight is 462 g/mol. The molecule has 2 aromatic heterocycles. The van der Waals surface area contributed by atoms with E-state index in [1.54, 1.807) is 18.4 Å². The molecule has 0 aliphatic carbocycles. The lowest BCUT2D eigenvalue weighted by molar-refractivity contribution is -0.137. The first kappa shape index (κ1) is 23.3. The summed E-state index contributed by atoms with van der Waals surface area (Å²) in [5.41, 5.74) is 2.25. The number of carboxylic acid groups (broad SMARTS) is 1. The van der Waals surface area contributed by atoms with Gasteiger partial charge in [-0.3, -0.25) is 4.79 Å². The van der Waals surface area contributed by atoms with Gasteiger partial charge in [-0.1, -0.05) is 30.5 Å². The van der Waals surface area contributed by atoms with Crippen LogP contribution in [0.2, 0.25) is 5.02 Å². The number of unbranched alkanes of at least 4 members (excludes halogenated alkanes) is 3. The van der Waals surface area contributed by atoms with E-state index in [1.807, 2.05) is 18.2 Å². The number of rotatable bonds is 11. The third-order valence-electron chi connectivity index (χ3n) is 5.29. The van der Waals surface area contributed by atoms with Gasteiger partial charge in [0.2, 0.25) is 0 Å². The number of thiophene rings is 1. The van der Waals surface area contributed by atoms with Crippen LogP contribution in [-0.2, 0) is 17.8 Å². The molecule has 6 nitrogen and oxygen atoms in total. The van der Waals surface area contributed by atoms with Gasteiger partial charge in [-0.15, -0.1) is 11.3 Å². The molecule has 0 bridgehead atoms. The van der Waals surface area contributed by atoms with Crippen molar-refractivity contribution < 1.29 is 14.6 Å². The Hall–Kier alpha value is -2.38. The van der Waals surface area contributed by atoms with E-state index in [1.165, 1.54) is 10.4 Å². The maximum atomic E-state index is 10.6. The number of hydrogen-bond acceptors (Lipinski definition) is 6. The number of aromatic nitrogens is 2. The van der Waals surface area contributed by atoms with Gasteiger partial charge in [-0.2, -0.15) is 0 Å². The summed E-state index contributed by atoms with van der Waals surface area (Å²) in [6, 6.07) is 5.75. The van der Waals surface area contributed by atoms with E-state index >= 15 is 0 Å². The summed E-state index contributed by atoms with van der Waals surface area (Å²) >= 11 is 7.95. The number of nitrogens with one attached hydrogen (secondary N) is 1. The summed E-state index contributed by atoms with van der Waals surface area (Å²) in [7, 11) is 1.60. The zero-order chi connectivity index (χ0) is 22.4. The summed E-state index contributed by atoms with van der Waals surface area (Å²) in [5, 5.41) is 13.9. The van der Waals surface area contributed by atoms with Crippen LogP contribution in [0.1, 0.15) is 53.9 Å². The summed E-state index contributed by atoms with van der Waals surface area (Å²) in [6.45, 7) is 4.81. The molecule has 0 aliphatic heterocycles. The Kier molecular flexibility index (Phi) is 8.09. The quantitative estimate of drug-likeness (QED) is 0.332. The number of nitrogens with zero attached hydrogens (tertiary/aromatic N) is 2. The predicted molar refractivity (Wildman–Crippen MR) is 127 cm³/mol. The van der Waals surface area contributed by atoms with Crippen LogP contribution in [0, 0.1) is 13.8 Å². The fourth-order valence-electron chi connectivity index (χ4n) is 3.45. The minimum atomic E-state index is -0.730. The van der Waals surface area contributed by atoms with Crippen LogP contribution in [0.5, 0.6) is 5.75 Å². The second kappa shape index (κ2) is 10.8. The molecule has 0 saturated carbocycles. The Morgan fingerprint density at radius 3 is 2.68 bits per heavy atom. The average Bonchev–Trinajstić information content (AvgIpc) is 3.02. The van der Waals surface area contributed by atoms with Crippen LogP contribution >= 0.6 is 22.9 Å². The molecule has 1 aromatic carbocycles. The van der Waals surface area contributed by atoms with Crippen molar-refractivity contribution >= 4 is 44.9 Å². The molecule has 0 radical (unpaired) electrons. The van der Waals surface area contributed by atoms with Gasteiger partial charge in [0.05, 0.1) is 17.5 Å². The Bertz CT molecular complexity index is 1070. The van der Waals surface area contributed by atoms with E-state index < -0.39 is 5.97 Å². The normalized spacial score (nSPS) is 11.1. The molecule has 8 heteroatoms. The first-order valence-electron chi connectivity index (χ1n) is 10.4. The SMILES string of the molecule is COc1ccc(CNc2nc(CCCCCCC(=O)O)nc3sc(C)c(C)c23)cc1Cl. The molecular weight excluding hydrogens is 434 g/mol. The van der Waals surface area contributed by atoms with E-state index in [9.17, 15) is 4.79 Å². The van der Waals surface area contributed by atoms with E-state index in [4.69, 9.17) is 31.4 Å². The number of aryl methyl sites for hydroxylation is 3. The van der Waals surface area contributed by atoms with Gasteiger partial charge in [-0.25, -0.2) is 9.97 Å². The molecule has 0 spiro atoms. The van der Waals surface area contributed by atoms with Crippen molar-refractivity contribution in [1.82, 2.24) is 9.97 Å². The Morgan fingerprint density at radius 1 is 1.19 bits per heavy atom. The highest BCUT2D eigenvalue weighted by molar-refractivity contribution is 7.18. The molecule has 0 saturated heterocycles. The van der Waals surface area contributed by atoms with E-state index in [0.29, 0.717) is 17.3 Å². The van der Waals surface area contributed by atoms with Crippen molar-refractivity contribution in [3.63, 3.8) is 0 Å². The molecule has 166 valence electrons. The van der Waals surface area contributed by atoms with E-state index in [-0.39, 0.29) is 6.42 Å². The van der Waals surface area contributed by atoms with Gasteiger partial charge in [0.25, 0.3) is 0 Å². The van der Waals surface area contributed by atoms with Crippen LogP contribution in [0.25, 0.3) is 10.2 Å². The third kappa shape index (κ3) is 6.08. The van der Waals surface area contributed by atoms with Gasteiger partial charge < -0.3 is 15.2 Å². The van der Waals surface area contributed by atoms with Gasteiger partial charge in [0, 0.05) is 24.3 Å². The second-order valence-electron chi connectivity index (χ2n) is 7.58. The number of methoxy groups -OCH3 is 1. The topological polar surface area (TPSA) is 84.3 Å². The number of carboxylic acids is 1. The van der Waals surface area contributed by atoms with Crippen molar-refractivity contribution in [2.24, 2.45) is 0 Å². The number of aliphatic carboxylic acids is 1. The Balaban J connectivity index is 1.72. The molecule has 2 N–H and O–H groups in total. The molecular formula is C23H28ClN3O3S. The minimum absolute atomic E-state index is 0.236. The van der Waals surface area contributed by atoms with E-state index in [2.05, 4.69) is 19.2 Å². The molecule has 0 amide bonds. The monoisotopic (exact) mass is 461 g/mol. The Morgan fingerprint density at radius 2 is 1.97 bits per heavy atom. The lowest BCUT2D eigenvalue weighted by atomic mass is 10.1. The number of ether oxygens (including phenoxy) is 1. The number of benzene rings is 1. The number of fused-ring (bicyclic) bond motifs is 1. The predicted octanol–water partition coefficient (Wildman–Crippen LogP) is 6.16. The zero-order valence-corrected chi connectivity index (χ0v) is 19.7. The van der Waals surface area contributed by atoms with Crippen molar-refractivity contribution in [3.05, 3.63) is 45.1 Å². The van der Waals surface area contributed by atoms with Crippen molar-refractivity contribution in [2.45, 2.75) is 58.9 Å². The van der Waals surface area contributed by atoms with Crippen LogP contribution < -0.4 is 10.1 Å². The fraction of sp³-hybridized carbons (Fsp3) is 0.435. The van der Waals surface area contributed by atoms with Crippen LogP contribution in [0.15, 0.2) is 18.2 Å². The van der Waals surface area contributed by atoms with Crippen molar-refractivity contribution in [2.75, 3.05) is 12.4 Å². The standard InChI is InChI=1S/C23H28ClN3O3S/c1-14-15(2)31-23-21(14)22(25-13-16-10-11-18(30-3)17(24)12-16)26-19(27-23)8-6-4-5-7-9-20(28)29/h10-12H,4-9,13H2,1-3H3,(H,28,29)(H,25,26,27). The van der Waals surface area contributed by atoms with Crippen molar-refractivity contribution in [3.8, 4) is 5.75 Å². The lowest BCUT2D eigenvalue weighted by Crippen LogP contribution is -2.06. The van der Waals surface area contributed by atoms with Gasteiger partial charge in [0.1, 0.15) is 22.2 Å². The summed E-state index contributed by atoms with van der Waals surface area (Å²) in [5.74, 6) is 1.60. The molecule has 0 aliphatic rings. The summed E-state index contributed by atoms with van der Waals surface area (Å²) < 4.78 is 5.23. The van der Waals surface area contributed by atoms with Crippen molar-refractivity contribution in [1.29, 1.82) is 0 Å². The summed E-state index contributed by atoms with van der Waals surface area (Å²) in [4.78, 5) is 22.5. The number of hydrogen-bond donors (Lipinski definition) is 2. The highest BCUT2D eigenvalue weighted by Crippen LogP contribution is 2.34. The number of halogens is 1. The Labute approximate surface area is 191 Å². The highest BCUT2D eigenvalue weighted by atomic mass is 35.5. The fourth-order valence-corrected chi connectivity index (χ4v) is 4.78. The molecule has 2 heterocycles. The summed E-state index contributed by atoms with van der Waals surface area (Å²) in [6.07, 6.45) is 4.57. The number of carbonyl (C=O) groups is 1. The third-order valence-corrected chi connectivity index (χ3v) is 6.69. The highest BCUT2D eigenvalue weighted by Gasteiger charge is 2.15. The molecule has 0 fully saturated rings. The van der Waals surface area contributed by atoms with Gasteiger partial charge in [-0.05, 0) is 49.9 Å². The molecule has 0 atom stereocenters. The second-order valence-corrected chi connectivity index (χ2v) is 9.19. The maximum absolute atomic E-state index is 10.6. The van der Waals surface area contributed by atoms with Crippen LogP contribution in [-0.4, -0.2) is 28.2 Å². The first-order chi connectivity index (χ1) is 14.9. The molecule has 3 aromatic rings. The maximum Gasteiger partial charge on any atom is 0.303 e. The minimum Gasteiger partial charge on any atom is -0.495 e. The van der Waals surface area contributed by atoms with Gasteiger partial charge >= 0.3 is 5.97 Å². The van der Waals surface area contributed by atoms with Crippen LogP contribution in [0.4, 0.5) is 5.82 Å². The van der Waals surface area contributed by atoms with Crippen LogP contribution in [0.3, 0.4) is 0 Å². The first-order valence-corrected chi connectivity index (χ1v) is 11.6. The number of anilines is 1. The zero-order valence-electron chi connectivity index (χ0n) is 18.1. The molecule has 31 heavy (non-hydrogen) atoms. The lowest BCUT2D eigenvalue weighted by Gasteiger charge is -2.11. The molecule has 0 unspecified atom stereocenters. The molecule has 3 rings (SSSR count). The van der Waals surface area contributed by atoms with E-state index in [0.717, 1.165) is 59.5 Å². The smallest absolute Gasteiger partial charge is 0.303 e. The largest absolute Gasteiger partial charge is 0.495 e. The van der Waals surface area contributed by atoms with Gasteiger partial charge in [0.15, 0.2) is 0 Å².